The van der Waals surface area contributed by atoms with Gasteiger partial charge in [-0.25, -0.2) is 13.6 Å². The molecule has 4 rings (SSSR count). The highest BCUT2D eigenvalue weighted by Gasteiger charge is 2.28. The summed E-state index contributed by atoms with van der Waals surface area (Å²) in [7, 11) is 0. The number of nitrogens with zero attached hydrogens (tertiary/aromatic N) is 3. The van der Waals surface area contributed by atoms with Crippen LogP contribution in [0, 0.1) is 17.6 Å². The first-order valence-corrected chi connectivity index (χ1v) is 12.5. The first-order valence-electron chi connectivity index (χ1n) is 12.1. The molecule has 2 fully saturated rings. The summed E-state index contributed by atoms with van der Waals surface area (Å²) in [5, 5.41) is 2.86. The van der Waals surface area contributed by atoms with E-state index in [9.17, 15) is 13.6 Å². The number of likely N-dealkylation sites (tertiary alicyclic amines) is 1. The first kappa shape index (κ1) is 24.7. The lowest BCUT2D eigenvalue weighted by Gasteiger charge is -2.41. The van der Waals surface area contributed by atoms with Crippen LogP contribution in [0.15, 0.2) is 42.5 Å². The van der Waals surface area contributed by atoms with E-state index < -0.39 is 11.6 Å². The molecule has 2 heterocycles. The SMILES string of the molecule is C[C@@H]1CN(c2cc(F)c(F)c(Cl)c2)CCN1C(=O)NCCC1CCN(Cc2ccccc2)CC1. The average molecular weight is 491 g/mol. The quantitative estimate of drug-likeness (QED) is 0.570. The molecule has 5 nitrogen and oxygen atoms in total. The Labute approximate surface area is 205 Å². The molecule has 0 aromatic heterocycles. The molecule has 0 saturated carbocycles. The number of hydrogen-bond donors (Lipinski definition) is 1. The maximum absolute atomic E-state index is 13.7. The molecule has 2 saturated heterocycles. The lowest BCUT2D eigenvalue weighted by atomic mass is 9.93. The molecule has 0 radical (unpaired) electrons. The molecular weight excluding hydrogens is 458 g/mol. The third-order valence-electron chi connectivity index (χ3n) is 7.01. The van der Waals surface area contributed by atoms with E-state index in [1.807, 2.05) is 22.8 Å². The van der Waals surface area contributed by atoms with Crippen LogP contribution in [0.1, 0.15) is 31.7 Å². The number of piperidine rings is 1. The van der Waals surface area contributed by atoms with E-state index in [4.69, 9.17) is 11.6 Å². The Morgan fingerprint density at radius 1 is 1.09 bits per heavy atom. The van der Waals surface area contributed by atoms with Gasteiger partial charge in [-0.15, -0.1) is 0 Å². The van der Waals surface area contributed by atoms with Gasteiger partial charge in [-0.3, -0.25) is 4.90 Å². The standard InChI is InChI=1S/C26H33ClF2N4O/c1-19-17-32(22-15-23(27)25(29)24(28)16-22)13-14-33(19)26(34)30-10-7-20-8-11-31(12-9-20)18-21-5-3-2-4-6-21/h2-6,15-16,19-20H,7-14,17-18H2,1H3,(H,30,34)/t19-/m1/s1. The maximum atomic E-state index is 13.7. The van der Waals surface area contributed by atoms with Gasteiger partial charge in [0, 0.05) is 50.5 Å². The van der Waals surface area contributed by atoms with Gasteiger partial charge in [-0.1, -0.05) is 41.9 Å². The molecule has 2 aromatic carbocycles. The van der Waals surface area contributed by atoms with E-state index in [0.717, 1.165) is 45.0 Å². The largest absolute Gasteiger partial charge is 0.368 e. The minimum atomic E-state index is -1.03. The van der Waals surface area contributed by atoms with Crippen molar-refractivity contribution in [3.63, 3.8) is 0 Å². The van der Waals surface area contributed by atoms with Crippen molar-refractivity contribution in [1.82, 2.24) is 15.1 Å². The fraction of sp³-hybridized carbons (Fsp3) is 0.500. The van der Waals surface area contributed by atoms with Crippen LogP contribution in [0.3, 0.4) is 0 Å². The summed E-state index contributed by atoms with van der Waals surface area (Å²) in [4.78, 5) is 19.0. The molecule has 2 amide bonds. The predicted octanol–water partition coefficient (Wildman–Crippen LogP) is 5.14. The van der Waals surface area contributed by atoms with Crippen LogP contribution in [0.2, 0.25) is 5.02 Å². The average Bonchev–Trinajstić information content (AvgIpc) is 2.84. The highest BCUT2D eigenvalue weighted by molar-refractivity contribution is 6.31. The number of amides is 2. The molecular formula is C26H33ClF2N4O. The van der Waals surface area contributed by atoms with Crippen molar-refractivity contribution in [2.24, 2.45) is 5.92 Å². The molecule has 0 unspecified atom stereocenters. The smallest absolute Gasteiger partial charge is 0.317 e. The Kier molecular flexibility index (Phi) is 8.27. The molecule has 184 valence electrons. The lowest BCUT2D eigenvalue weighted by molar-refractivity contribution is 0.162. The minimum Gasteiger partial charge on any atom is -0.368 e. The van der Waals surface area contributed by atoms with Crippen molar-refractivity contribution < 1.29 is 13.6 Å². The van der Waals surface area contributed by atoms with E-state index in [1.54, 1.807) is 0 Å². The second-order valence-electron chi connectivity index (χ2n) is 9.44. The van der Waals surface area contributed by atoms with Gasteiger partial charge in [0.05, 0.1) is 5.02 Å². The number of rotatable bonds is 6. The van der Waals surface area contributed by atoms with Crippen LogP contribution in [-0.4, -0.2) is 61.1 Å². The zero-order valence-electron chi connectivity index (χ0n) is 19.7. The summed E-state index contributed by atoms with van der Waals surface area (Å²) >= 11 is 5.80. The normalized spacial score (nSPS) is 19.9. The molecule has 1 atom stereocenters. The molecule has 0 aliphatic carbocycles. The van der Waals surface area contributed by atoms with Gasteiger partial charge in [0.25, 0.3) is 0 Å². The number of benzene rings is 2. The van der Waals surface area contributed by atoms with Crippen molar-refractivity contribution in [3.05, 3.63) is 64.7 Å². The molecule has 0 bridgehead atoms. The number of carbonyl (C=O) groups excluding carboxylic acids is 1. The summed E-state index contributed by atoms with van der Waals surface area (Å²) < 4.78 is 27.2. The van der Waals surface area contributed by atoms with E-state index in [-0.39, 0.29) is 17.1 Å². The number of hydrogen-bond acceptors (Lipinski definition) is 3. The van der Waals surface area contributed by atoms with Gasteiger partial charge < -0.3 is 15.1 Å². The number of piperazine rings is 1. The van der Waals surface area contributed by atoms with Gasteiger partial charge in [0.1, 0.15) is 0 Å². The van der Waals surface area contributed by atoms with Crippen LogP contribution in [0.4, 0.5) is 19.3 Å². The minimum absolute atomic E-state index is 0.0538. The summed E-state index contributed by atoms with van der Waals surface area (Å²) in [6.07, 6.45) is 3.32. The molecule has 0 spiro atoms. The predicted molar refractivity (Wildman–Crippen MR) is 132 cm³/mol. The number of halogens is 3. The third-order valence-corrected chi connectivity index (χ3v) is 7.28. The monoisotopic (exact) mass is 490 g/mol. The Balaban J connectivity index is 1.17. The van der Waals surface area contributed by atoms with Gasteiger partial charge in [-0.2, -0.15) is 0 Å². The third kappa shape index (κ3) is 6.19. The fourth-order valence-corrected chi connectivity index (χ4v) is 5.18. The molecule has 8 heteroatoms. The van der Waals surface area contributed by atoms with Crippen LogP contribution < -0.4 is 10.2 Å². The van der Waals surface area contributed by atoms with E-state index >= 15 is 0 Å². The number of nitrogens with one attached hydrogen (secondary N) is 1. The van der Waals surface area contributed by atoms with Crippen molar-refractivity contribution in [2.75, 3.05) is 44.2 Å². The molecule has 2 aliphatic heterocycles. The Morgan fingerprint density at radius 3 is 2.50 bits per heavy atom. The fourth-order valence-electron chi connectivity index (χ4n) is 4.98. The zero-order chi connectivity index (χ0) is 24.1. The maximum Gasteiger partial charge on any atom is 0.317 e. The topological polar surface area (TPSA) is 38.8 Å². The van der Waals surface area contributed by atoms with Crippen molar-refractivity contribution in [1.29, 1.82) is 0 Å². The number of anilines is 1. The van der Waals surface area contributed by atoms with Crippen LogP contribution in [0.25, 0.3) is 0 Å². The molecule has 2 aliphatic rings. The molecule has 34 heavy (non-hydrogen) atoms. The second kappa shape index (κ2) is 11.4. The zero-order valence-corrected chi connectivity index (χ0v) is 20.4. The summed E-state index contributed by atoms with van der Waals surface area (Å²) in [6, 6.07) is 13.1. The first-order chi connectivity index (χ1) is 16.4. The van der Waals surface area contributed by atoms with Gasteiger partial charge in [0.2, 0.25) is 0 Å². The van der Waals surface area contributed by atoms with Crippen LogP contribution in [-0.2, 0) is 6.54 Å². The number of urea groups is 1. The van der Waals surface area contributed by atoms with Gasteiger partial charge in [0.15, 0.2) is 11.6 Å². The Hall–Kier alpha value is -2.38. The highest BCUT2D eigenvalue weighted by Crippen LogP contribution is 2.27. The van der Waals surface area contributed by atoms with Crippen molar-refractivity contribution in [3.8, 4) is 0 Å². The van der Waals surface area contributed by atoms with E-state index in [0.29, 0.717) is 37.8 Å². The highest BCUT2D eigenvalue weighted by atomic mass is 35.5. The van der Waals surface area contributed by atoms with Gasteiger partial charge in [-0.05, 0) is 56.8 Å². The van der Waals surface area contributed by atoms with Crippen LogP contribution in [0.5, 0.6) is 0 Å². The Bertz CT molecular complexity index is 946. The van der Waals surface area contributed by atoms with E-state index in [1.165, 1.54) is 11.6 Å². The summed E-state index contributed by atoms with van der Waals surface area (Å²) in [5.74, 6) is -1.35. The lowest BCUT2D eigenvalue weighted by Crippen LogP contribution is -2.56. The second-order valence-corrected chi connectivity index (χ2v) is 9.84. The van der Waals surface area contributed by atoms with Gasteiger partial charge >= 0.3 is 6.03 Å². The summed E-state index contributed by atoms with van der Waals surface area (Å²) in [5.41, 5.74) is 1.89. The van der Waals surface area contributed by atoms with Crippen LogP contribution >= 0.6 is 11.6 Å². The van der Waals surface area contributed by atoms with E-state index in [2.05, 4.69) is 34.5 Å². The van der Waals surface area contributed by atoms with Crippen molar-refractivity contribution in [2.45, 2.75) is 38.8 Å². The number of carbonyl (C=O) groups is 1. The van der Waals surface area contributed by atoms with Crippen molar-refractivity contribution >= 4 is 23.3 Å². The molecule has 2 aromatic rings. The molecule has 1 N–H and O–H groups in total. The Morgan fingerprint density at radius 2 is 1.82 bits per heavy atom. The summed E-state index contributed by atoms with van der Waals surface area (Å²) in [6.45, 7) is 7.44.